The van der Waals surface area contributed by atoms with Crippen molar-refractivity contribution >= 4 is 25.3 Å². The summed E-state index contributed by atoms with van der Waals surface area (Å²) in [6.45, 7) is 5.75. The topological polar surface area (TPSA) is 158 Å². The van der Waals surface area contributed by atoms with E-state index in [1.165, 1.54) is 20.0 Å². The van der Waals surface area contributed by atoms with Crippen LogP contribution in [0.15, 0.2) is 52.2 Å². The number of ether oxygens (including phenoxy) is 2. The molecule has 0 aliphatic carbocycles. The fourth-order valence-electron chi connectivity index (χ4n) is 3.47. The van der Waals surface area contributed by atoms with E-state index in [9.17, 15) is 24.1 Å². The second-order valence-electron chi connectivity index (χ2n) is 8.67. The molecule has 0 bridgehead atoms. The molecule has 2 heterocycles. The molecule has 12 nitrogen and oxygen atoms in total. The van der Waals surface area contributed by atoms with Crippen LogP contribution in [0.25, 0.3) is 0 Å². The monoisotopic (exact) mass is 545 g/mol. The maximum Gasteiger partial charge on any atom is 0.459 e. The van der Waals surface area contributed by atoms with Gasteiger partial charge in [0.25, 0.3) is 5.56 Å². The Hall–Kier alpha value is -2.47. The van der Waals surface area contributed by atoms with Crippen molar-refractivity contribution in [1.82, 2.24) is 14.6 Å². The summed E-state index contributed by atoms with van der Waals surface area (Å²) in [5.74, 6) is -0.473. The van der Waals surface area contributed by atoms with E-state index in [1.807, 2.05) is 0 Å². The van der Waals surface area contributed by atoms with Crippen LogP contribution in [0.3, 0.4) is 0 Å². The summed E-state index contributed by atoms with van der Waals surface area (Å²) < 4.78 is 36.7. The number of aliphatic hydroxyl groups is 1. The number of carbonyl (C=O) groups excluding carboxylic acids is 1. The highest BCUT2D eigenvalue weighted by Gasteiger charge is 2.54. The molecule has 1 aliphatic heterocycles. The van der Waals surface area contributed by atoms with Gasteiger partial charge in [-0.3, -0.25) is 23.7 Å². The predicted molar refractivity (Wildman–Crippen MR) is 130 cm³/mol. The second-order valence-corrected chi connectivity index (χ2v) is 11.2. The Morgan fingerprint density at radius 2 is 1.94 bits per heavy atom. The molecule has 3 N–H and O–H groups in total. The van der Waals surface area contributed by atoms with Crippen molar-refractivity contribution in [3.63, 3.8) is 0 Å². The number of aromatic amines is 1. The van der Waals surface area contributed by atoms with Gasteiger partial charge in [0.15, 0.2) is 6.23 Å². The third kappa shape index (κ3) is 6.64. The molecule has 1 fully saturated rings. The first kappa shape index (κ1) is 28.1. The van der Waals surface area contributed by atoms with Crippen LogP contribution in [-0.4, -0.2) is 56.5 Å². The van der Waals surface area contributed by atoms with Crippen LogP contribution in [0.5, 0.6) is 5.75 Å². The molecule has 1 aromatic heterocycles. The Balaban J connectivity index is 1.80. The third-order valence-corrected chi connectivity index (χ3v) is 7.31. The quantitative estimate of drug-likeness (QED) is 0.229. The number of para-hydroxylation sites is 1. The van der Waals surface area contributed by atoms with Gasteiger partial charge in [-0.25, -0.2) is 9.36 Å². The number of aromatic nitrogens is 2. The van der Waals surface area contributed by atoms with Crippen LogP contribution in [0.2, 0.25) is 0 Å². The van der Waals surface area contributed by atoms with Crippen molar-refractivity contribution in [3.05, 3.63) is 63.4 Å². The summed E-state index contributed by atoms with van der Waals surface area (Å²) in [6.07, 6.45) is -2.92. The van der Waals surface area contributed by atoms with Gasteiger partial charge in [0, 0.05) is 12.3 Å². The fourth-order valence-corrected chi connectivity index (χ4v) is 5.27. The van der Waals surface area contributed by atoms with Gasteiger partial charge in [-0.1, -0.05) is 18.2 Å². The molecule has 14 heteroatoms. The number of hydrogen-bond donors (Lipinski definition) is 3. The number of alkyl halides is 1. The Morgan fingerprint density at radius 3 is 2.56 bits per heavy atom. The summed E-state index contributed by atoms with van der Waals surface area (Å²) in [7, 11) is -4.22. The van der Waals surface area contributed by atoms with E-state index >= 15 is 0 Å². The van der Waals surface area contributed by atoms with Crippen LogP contribution in [0.1, 0.15) is 33.9 Å². The number of carbonyl (C=O) groups is 1. The zero-order valence-electron chi connectivity index (χ0n) is 20.1. The molecule has 0 saturated carbocycles. The molecule has 36 heavy (non-hydrogen) atoms. The SMILES string of the molecule is CC(C)OC(=O)C(C)NP(=O)(OCC1OC(n2ccc(=O)[nH]c2=O)[C@](C)(Cl)[C@@H]1O)Oc1ccccc1. The molecule has 1 saturated heterocycles. The van der Waals surface area contributed by atoms with Gasteiger partial charge < -0.3 is 19.1 Å². The third-order valence-electron chi connectivity index (χ3n) is 5.26. The average molecular weight is 546 g/mol. The highest BCUT2D eigenvalue weighted by atomic mass is 35.5. The van der Waals surface area contributed by atoms with Gasteiger partial charge in [-0.05, 0) is 39.8 Å². The number of aliphatic hydroxyl groups excluding tert-OH is 1. The largest absolute Gasteiger partial charge is 0.462 e. The lowest BCUT2D eigenvalue weighted by atomic mass is 10.0. The predicted octanol–water partition coefficient (Wildman–Crippen LogP) is 1.93. The lowest BCUT2D eigenvalue weighted by Crippen LogP contribution is -2.43. The fraction of sp³-hybridized carbons (Fsp3) is 0.500. The van der Waals surface area contributed by atoms with Gasteiger partial charge >= 0.3 is 19.4 Å². The van der Waals surface area contributed by atoms with E-state index < -0.39 is 67.0 Å². The minimum atomic E-state index is -4.22. The van der Waals surface area contributed by atoms with Crippen LogP contribution in [0, 0.1) is 0 Å². The standard InChI is InChI=1S/C22H29ClN3O9P/c1-13(2)33-19(29)14(3)25-36(31,35-15-8-6-5-7-9-15)32-12-16-18(28)22(4,23)20(34-16)26-11-10-17(27)24-21(26)30/h5-11,13-14,16,18,20,28H,12H2,1-4H3,(H,25,31)(H,24,27,30)/t14?,16?,18-,20?,22-,36?/m1/s1. The summed E-state index contributed by atoms with van der Waals surface area (Å²) >= 11 is 6.52. The number of H-pyrrole nitrogens is 1. The Morgan fingerprint density at radius 1 is 1.28 bits per heavy atom. The molecule has 2 aromatic rings. The van der Waals surface area contributed by atoms with E-state index in [4.69, 9.17) is 30.1 Å². The van der Waals surface area contributed by atoms with Crippen LogP contribution >= 0.6 is 19.3 Å². The van der Waals surface area contributed by atoms with Crippen molar-refractivity contribution < 1.29 is 33.0 Å². The number of nitrogens with zero attached hydrogens (tertiary/aromatic N) is 1. The van der Waals surface area contributed by atoms with E-state index in [0.29, 0.717) is 0 Å². The minimum Gasteiger partial charge on any atom is -0.462 e. The van der Waals surface area contributed by atoms with E-state index in [-0.39, 0.29) is 5.75 Å². The van der Waals surface area contributed by atoms with Crippen molar-refractivity contribution in [2.75, 3.05) is 6.61 Å². The normalized spacial score (nSPS) is 26.4. The number of halogens is 1. The second kappa shape index (κ2) is 11.3. The molecule has 198 valence electrons. The minimum absolute atomic E-state index is 0.200. The van der Waals surface area contributed by atoms with Crippen LogP contribution < -0.4 is 20.9 Å². The molecule has 1 aromatic carbocycles. The van der Waals surface area contributed by atoms with Gasteiger partial charge in [-0.2, -0.15) is 5.09 Å². The summed E-state index contributed by atoms with van der Waals surface area (Å²) in [5.41, 5.74) is -1.40. The zero-order chi connectivity index (χ0) is 26.7. The number of nitrogens with one attached hydrogen (secondary N) is 2. The highest BCUT2D eigenvalue weighted by molar-refractivity contribution is 7.52. The summed E-state index contributed by atoms with van der Waals surface area (Å²) in [5, 5.41) is 13.3. The maximum absolute atomic E-state index is 13.6. The smallest absolute Gasteiger partial charge is 0.459 e. The molecule has 0 radical (unpaired) electrons. The van der Waals surface area contributed by atoms with Crippen molar-refractivity contribution in [2.24, 2.45) is 0 Å². The average Bonchev–Trinajstić information content (AvgIpc) is 3.01. The van der Waals surface area contributed by atoms with Gasteiger partial charge in [0.1, 0.15) is 28.9 Å². The Bertz CT molecular complexity index is 1220. The van der Waals surface area contributed by atoms with Crippen LogP contribution in [0.4, 0.5) is 0 Å². The highest BCUT2D eigenvalue weighted by Crippen LogP contribution is 2.48. The number of esters is 1. The molecule has 1 aliphatic rings. The zero-order valence-corrected chi connectivity index (χ0v) is 21.8. The van der Waals surface area contributed by atoms with Gasteiger partial charge in [0.05, 0.1) is 12.7 Å². The molecular formula is C22H29ClN3O9P. The molecule has 0 spiro atoms. The van der Waals surface area contributed by atoms with E-state index in [1.54, 1.807) is 44.2 Å². The molecule has 4 unspecified atom stereocenters. The molecule has 0 amide bonds. The summed E-state index contributed by atoms with van der Waals surface area (Å²) in [4.78, 5) is 36.5. The van der Waals surface area contributed by atoms with Crippen molar-refractivity contribution in [2.45, 2.75) is 63.2 Å². The Labute approximate surface area is 212 Å². The summed E-state index contributed by atoms with van der Waals surface area (Å²) in [6, 6.07) is 8.18. The van der Waals surface area contributed by atoms with Crippen molar-refractivity contribution in [3.8, 4) is 5.75 Å². The number of benzene rings is 1. The molecule has 6 atom stereocenters. The molecule has 3 rings (SSSR count). The molecular weight excluding hydrogens is 517 g/mol. The van der Waals surface area contributed by atoms with Crippen molar-refractivity contribution in [1.29, 1.82) is 0 Å². The van der Waals surface area contributed by atoms with E-state index in [2.05, 4.69) is 10.1 Å². The van der Waals surface area contributed by atoms with E-state index in [0.717, 1.165) is 10.6 Å². The lowest BCUT2D eigenvalue weighted by molar-refractivity contribution is -0.149. The first-order chi connectivity index (χ1) is 16.8. The van der Waals surface area contributed by atoms with Gasteiger partial charge in [-0.15, -0.1) is 11.6 Å². The van der Waals surface area contributed by atoms with Crippen LogP contribution in [-0.2, 0) is 23.4 Å². The number of rotatable bonds is 10. The van der Waals surface area contributed by atoms with Gasteiger partial charge in [0.2, 0.25) is 0 Å². The lowest BCUT2D eigenvalue weighted by Gasteiger charge is -2.26. The first-order valence-corrected chi connectivity index (χ1v) is 13.1. The maximum atomic E-state index is 13.6. The number of hydrogen-bond acceptors (Lipinski definition) is 9. The Kier molecular flexibility index (Phi) is 8.81. The first-order valence-electron chi connectivity index (χ1n) is 11.1.